The lowest BCUT2D eigenvalue weighted by atomic mass is 9.84. The minimum absolute atomic E-state index is 0.112. The van der Waals surface area contributed by atoms with E-state index in [2.05, 4.69) is 60.3 Å². The maximum Gasteiger partial charge on any atom is 0.317 e. The number of carbonyl (C=O) groups excluding carboxylic acids is 1. The SMILES string of the molecule is CCc1ccc(C(C)(C)CNC(=O)N(C)Cc2cnccn2)cc1. The highest BCUT2D eigenvalue weighted by Crippen LogP contribution is 2.22. The molecule has 0 aliphatic rings. The van der Waals surface area contributed by atoms with Gasteiger partial charge in [0, 0.05) is 31.4 Å². The Balaban J connectivity index is 1.91. The Morgan fingerprint density at radius 3 is 2.50 bits per heavy atom. The average molecular weight is 326 g/mol. The number of rotatable bonds is 6. The molecule has 0 saturated heterocycles. The largest absolute Gasteiger partial charge is 0.337 e. The summed E-state index contributed by atoms with van der Waals surface area (Å²) in [5, 5.41) is 3.01. The fourth-order valence-electron chi connectivity index (χ4n) is 2.45. The Morgan fingerprint density at radius 1 is 1.21 bits per heavy atom. The van der Waals surface area contributed by atoms with Gasteiger partial charge in [-0.05, 0) is 17.5 Å². The number of carbonyl (C=O) groups is 1. The second kappa shape index (κ2) is 7.90. The number of urea groups is 1. The van der Waals surface area contributed by atoms with E-state index in [0.29, 0.717) is 13.1 Å². The molecule has 1 heterocycles. The summed E-state index contributed by atoms with van der Waals surface area (Å²) in [6, 6.07) is 8.49. The third-order valence-corrected chi connectivity index (χ3v) is 4.19. The molecule has 0 atom stereocenters. The maximum absolute atomic E-state index is 12.3. The lowest BCUT2D eigenvalue weighted by Crippen LogP contribution is -2.43. The molecule has 1 N–H and O–H groups in total. The van der Waals surface area contributed by atoms with Crippen molar-refractivity contribution < 1.29 is 4.79 Å². The van der Waals surface area contributed by atoms with Crippen molar-refractivity contribution in [2.45, 2.75) is 39.2 Å². The molecule has 2 aromatic rings. The van der Waals surface area contributed by atoms with Gasteiger partial charge in [0.1, 0.15) is 0 Å². The molecule has 0 saturated carbocycles. The zero-order valence-electron chi connectivity index (χ0n) is 14.9. The van der Waals surface area contributed by atoms with Crippen LogP contribution in [0.4, 0.5) is 4.79 Å². The van der Waals surface area contributed by atoms with Gasteiger partial charge in [-0.2, -0.15) is 0 Å². The number of hydrogen-bond acceptors (Lipinski definition) is 3. The van der Waals surface area contributed by atoms with Gasteiger partial charge in [-0.1, -0.05) is 45.0 Å². The van der Waals surface area contributed by atoms with Crippen LogP contribution in [0.5, 0.6) is 0 Å². The molecule has 2 rings (SSSR count). The number of nitrogens with one attached hydrogen (secondary N) is 1. The molecule has 0 aliphatic heterocycles. The van der Waals surface area contributed by atoms with Gasteiger partial charge in [-0.25, -0.2) is 4.79 Å². The smallest absolute Gasteiger partial charge is 0.317 e. The van der Waals surface area contributed by atoms with E-state index in [4.69, 9.17) is 0 Å². The first-order valence-electron chi connectivity index (χ1n) is 8.25. The molecule has 1 aromatic carbocycles. The van der Waals surface area contributed by atoms with Crippen molar-refractivity contribution in [3.05, 3.63) is 59.7 Å². The minimum Gasteiger partial charge on any atom is -0.337 e. The minimum atomic E-state index is -0.130. The van der Waals surface area contributed by atoms with Crippen LogP contribution in [0.25, 0.3) is 0 Å². The Bertz CT molecular complexity index is 653. The van der Waals surface area contributed by atoms with Crippen molar-refractivity contribution in [3.63, 3.8) is 0 Å². The van der Waals surface area contributed by atoms with Gasteiger partial charge in [0.15, 0.2) is 0 Å². The zero-order valence-corrected chi connectivity index (χ0v) is 14.9. The lowest BCUT2D eigenvalue weighted by Gasteiger charge is -2.27. The molecule has 1 aromatic heterocycles. The van der Waals surface area contributed by atoms with E-state index >= 15 is 0 Å². The number of benzene rings is 1. The fourth-order valence-corrected chi connectivity index (χ4v) is 2.45. The molecule has 128 valence electrons. The predicted molar refractivity (Wildman–Crippen MR) is 95.7 cm³/mol. The van der Waals surface area contributed by atoms with Crippen LogP contribution in [-0.2, 0) is 18.4 Å². The third-order valence-electron chi connectivity index (χ3n) is 4.19. The van der Waals surface area contributed by atoms with Gasteiger partial charge in [0.25, 0.3) is 0 Å². The highest BCUT2D eigenvalue weighted by atomic mass is 16.2. The first-order chi connectivity index (χ1) is 11.4. The van der Waals surface area contributed by atoms with Gasteiger partial charge in [0.05, 0.1) is 18.4 Å². The first kappa shape index (κ1) is 17.9. The quantitative estimate of drug-likeness (QED) is 0.887. The van der Waals surface area contributed by atoms with Crippen molar-refractivity contribution in [2.75, 3.05) is 13.6 Å². The van der Waals surface area contributed by atoms with E-state index in [1.54, 1.807) is 30.5 Å². The number of aromatic nitrogens is 2. The van der Waals surface area contributed by atoms with Crippen molar-refractivity contribution >= 4 is 6.03 Å². The van der Waals surface area contributed by atoms with E-state index in [-0.39, 0.29) is 11.4 Å². The summed E-state index contributed by atoms with van der Waals surface area (Å²) in [4.78, 5) is 22.1. The third kappa shape index (κ3) is 4.78. The van der Waals surface area contributed by atoms with Gasteiger partial charge in [0.2, 0.25) is 0 Å². The topological polar surface area (TPSA) is 58.1 Å². The molecule has 0 bridgehead atoms. The summed E-state index contributed by atoms with van der Waals surface area (Å²) in [6.45, 7) is 7.43. The molecule has 5 heteroatoms. The van der Waals surface area contributed by atoms with Crippen LogP contribution >= 0.6 is 0 Å². The number of nitrogens with zero attached hydrogens (tertiary/aromatic N) is 3. The number of hydrogen-bond donors (Lipinski definition) is 1. The van der Waals surface area contributed by atoms with Gasteiger partial charge >= 0.3 is 6.03 Å². The Hall–Kier alpha value is -2.43. The van der Waals surface area contributed by atoms with E-state index in [9.17, 15) is 4.79 Å². The summed E-state index contributed by atoms with van der Waals surface area (Å²) in [5.74, 6) is 0. The normalized spacial score (nSPS) is 11.2. The maximum atomic E-state index is 12.3. The highest BCUT2D eigenvalue weighted by molar-refractivity contribution is 5.73. The molecular weight excluding hydrogens is 300 g/mol. The summed E-state index contributed by atoms with van der Waals surface area (Å²) in [6.07, 6.45) is 5.95. The standard InChI is InChI=1S/C19H26N4O/c1-5-15-6-8-16(9-7-15)19(2,3)14-22-18(24)23(4)13-17-12-20-10-11-21-17/h6-12H,5,13-14H2,1-4H3,(H,22,24). The monoisotopic (exact) mass is 326 g/mol. The van der Waals surface area contributed by atoms with E-state index in [0.717, 1.165) is 12.1 Å². The molecular formula is C19H26N4O. The molecule has 5 nitrogen and oxygen atoms in total. The predicted octanol–water partition coefficient (Wildman–Crippen LogP) is 3.16. The van der Waals surface area contributed by atoms with Crippen LogP contribution in [0.1, 0.15) is 37.6 Å². The number of aryl methyl sites for hydroxylation is 1. The molecule has 0 spiro atoms. The fraction of sp³-hybridized carbons (Fsp3) is 0.421. The molecule has 0 radical (unpaired) electrons. The summed E-state index contributed by atoms with van der Waals surface area (Å²) in [7, 11) is 1.76. The Kier molecular flexibility index (Phi) is 5.90. The molecule has 0 aliphatic carbocycles. The average Bonchev–Trinajstić information content (AvgIpc) is 2.60. The van der Waals surface area contributed by atoms with E-state index in [1.165, 1.54) is 11.1 Å². The molecule has 2 amide bonds. The molecule has 24 heavy (non-hydrogen) atoms. The van der Waals surface area contributed by atoms with E-state index in [1.807, 2.05) is 0 Å². The summed E-state index contributed by atoms with van der Waals surface area (Å²) in [5.41, 5.74) is 3.18. The second-order valence-corrected chi connectivity index (χ2v) is 6.65. The van der Waals surface area contributed by atoms with Crippen molar-refractivity contribution in [1.82, 2.24) is 20.2 Å². The number of amides is 2. The lowest BCUT2D eigenvalue weighted by molar-refractivity contribution is 0.204. The molecule has 0 fully saturated rings. The van der Waals surface area contributed by atoms with Crippen LogP contribution in [0.2, 0.25) is 0 Å². The van der Waals surface area contributed by atoms with Crippen LogP contribution in [0, 0.1) is 0 Å². The zero-order chi connectivity index (χ0) is 17.6. The van der Waals surface area contributed by atoms with E-state index < -0.39 is 0 Å². The second-order valence-electron chi connectivity index (χ2n) is 6.65. The summed E-state index contributed by atoms with van der Waals surface area (Å²) < 4.78 is 0. The van der Waals surface area contributed by atoms with Crippen LogP contribution < -0.4 is 5.32 Å². The van der Waals surface area contributed by atoms with Crippen molar-refractivity contribution in [2.24, 2.45) is 0 Å². The van der Waals surface area contributed by atoms with Gasteiger partial charge < -0.3 is 10.2 Å². The summed E-state index contributed by atoms with van der Waals surface area (Å²) >= 11 is 0. The van der Waals surface area contributed by atoms with Crippen molar-refractivity contribution in [1.29, 1.82) is 0 Å². The van der Waals surface area contributed by atoms with Crippen molar-refractivity contribution in [3.8, 4) is 0 Å². The highest BCUT2D eigenvalue weighted by Gasteiger charge is 2.22. The Morgan fingerprint density at radius 2 is 1.92 bits per heavy atom. The van der Waals surface area contributed by atoms with Crippen LogP contribution in [0.15, 0.2) is 42.9 Å². The first-order valence-corrected chi connectivity index (χ1v) is 8.25. The van der Waals surface area contributed by atoms with Gasteiger partial charge in [-0.3, -0.25) is 9.97 Å². The van der Waals surface area contributed by atoms with Crippen LogP contribution in [0.3, 0.4) is 0 Å². The van der Waals surface area contributed by atoms with Crippen LogP contribution in [-0.4, -0.2) is 34.5 Å². The molecule has 0 unspecified atom stereocenters. The Labute approximate surface area is 144 Å². The van der Waals surface area contributed by atoms with Gasteiger partial charge in [-0.15, -0.1) is 0 Å².